The number of carboxylic acids is 1. The molecule has 0 aromatic heterocycles. The van der Waals surface area contributed by atoms with Crippen LogP contribution in [0, 0.1) is 5.92 Å². The molecule has 0 bridgehead atoms. The van der Waals surface area contributed by atoms with E-state index >= 15 is 0 Å². The highest BCUT2D eigenvalue weighted by molar-refractivity contribution is 5.92. The zero-order chi connectivity index (χ0) is 21.3. The van der Waals surface area contributed by atoms with Crippen molar-refractivity contribution in [1.29, 1.82) is 0 Å². The Morgan fingerprint density at radius 1 is 1.18 bits per heavy atom. The van der Waals surface area contributed by atoms with Crippen LogP contribution in [-0.2, 0) is 14.4 Å². The largest absolute Gasteiger partial charge is 0.480 e. The van der Waals surface area contributed by atoms with E-state index in [1.165, 1.54) is 4.90 Å². The lowest BCUT2D eigenvalue weighted by molar-refractivity contribution is -0.149. The SMILES string of the molecule is CC(C)C[C@H](N)C(=O)N[C@@H](CCCCNC(C)C)C(=O)N1CCC[C@H]1C(=O)O. The Bertz CT molecular complexity index is 524. The molecule has 0 saturated carbocycles. The van der Waals surface area contributed by atoms with Crippen LogP contribution in [0.2, 0.25) is 0 Å². The van der Waals surface area contributed by atoms with E-state index in [2.05, 4.69) is 24.5 Å². The van der Waals surface area contributed by atoms with E-state index in [9.17, 15) is 19.5 Å². The summed E-state index contributed by atoms with van der Waals surface area (Å²) in [5.74, 6) is -1.38. The molecule has 0 radical (unpaired) electrons. The highest BCUT2D eigenvalue weighted by atomic mass is 16.4. The molecule has 1 aliphatic heterocycles. The number of rotatable bonds is 12. The lowest BCUT2D eigenvalue weighted by atomic mass is 10.0. The number of nitrogens with two attached hydrogens (primary N) is 1. The normalized spacial score (nSPS) is 19.1. The molecule has 0 unspecified atom stereocenters. The molecule has 162 valence electrons. The van der Waals surface area contributed by atoms with Gasteiger partial charge in [0.05, 0.1) is 6.04 Å². The maximum absolute atomic E-state index is 13.0. The van der Waals surface area contributed by atoms with Gasteiger partial charge in [0, 0.05) is 12.6 Å². The Kier molecular flexibility index (Phi) is 10.5. The number of carbonyl (C=O) groups excluding carboxylic acids is 2. The molecular weight excluding hydrogens is 360 g/mol. The van der Waals surface area contributed by atoms with Crippen molar-refractivity contribution in [1.82, 2.24) is 15.5 Å². The van der Waals surface area contributed by atoms with Gasteiger partial charge in [-0.15, -0.1) is 0 Å². The highest BCUT2D eigenvalue weighted by Gasteiger charge is 2.37. The van der Waals surface area contributed by atoms with Gasteiger partial charge in [-0.1, -0.05) is 27.7 Å². The molecule has 1 rings (SSSR count). The Labute approximate surface area is 168 Å². The van der Waals surface area contributed by atoms with E-state index < -0.39 is 24.1 Å². The Morgan fingerprint density at radius 3 is 2.43 bits per heavy atom. The minimum Gasteiger partial charge on any atom is -0.480 e. The standard InChI is InChI=1S/C20H38N4O4/c1-13(2)12-15(21)18(25)23-16(8-5-6-10-22-14(3)4)19(26)24-11-7-9-17(24)20(27)28/h13-17,22H,5-12,21H2,1-4H3,(H,23,25)(H,27,28)/t15-,16-,17-/m0/s1. The number of nitrogens with one attached hydrogen (secondary N) is 2. The van der Waals surface area contributed by atoms with E-state index in [1.54, 1.807) is 0 Å². The maximum Gasteiger partial charge on any atom is 0.326 e. The quantitative estimate of drug-likeness (QED) is 0.365. The van der Waals surface area contributed by atoms with Crippen molar-refractivity contribution in [3.63, 3.8) is 0 Å². The lowest BCUT2D eigenvalue weighted by Gasteiger charge is -2.28. The van der Waals surface area contributed by atoms with Crippen molar-refractivity contribution in [2.45, 2.75) is 90.4 Å². The van der Waals surface area contributed by atoms with Crippen LogP contribution < -0.4 is 16.4 Å². The van der Waals surface area contributed by atoms with E-state index in [-0.39, 0.29) is 17.7 Å². The number of nitrogens with zero attached hydrogens (tertiary/aromatic N) is 1. The second kappa shape index (κ2) is 12.0. The first-order valence-electron chi connectivity index (χ1n) is 10.5. The Balaban J connectivity index is 2.74. The molecule has 8 nitrogen and oxygen atoms in total. The molecule has 3 atom stereocenters. The highest BCUT2D eigenvalue weighted by Crippen LogP contribution is 2.20. The van der Waals surface area contributed by atoms with Crippen LogP contribution in [0.4, 0.5) is 0 Å². The van der Waals surface area contributed by atoms with Gasteiger partial charge in [0.2, 0.25) is 11.8 Å². The van der Waals surface area contributed by atoms with Gasteiger partial charge in [0.25, 0.3) is 0 Å². The third-order valence-corrected chi connectivity index (χ3v) is 4.97. The number of hydrogen-bond acceptors (Lipinski definition) is 5. The average Bonchev–Trinajstić information content (AvgIpc) is 3.08. The van der Waals surface area contributed by atoms with Crippen molar-refractivity contribution in [3.8, 4) is 0 Å². The first-order valence-corrected chi connectivity index (χ1v) is 10.5. The van der Waals surface area contributed by atoms with Gasteiger partial charge < -0.3 is 26.4 Å². The summed E-state index contributed by atoms with van der Waals surface area (Å²) in [6, 6.07) is -1.82. The van der Waals surface area contributed by atoms with Crippen molar-refractivity contribution in [2.75, 3.05) is 13.1 Å². The maximum atomic E-state index is 13.0. The predicted octanol–water partition coefficient (Wildman–Crippen LogP) is 1.09. The van der Waals surface area contributed by atoms with Gasteiger partial charge in [-0.2, -0.15) is 0 Å². The van der Waals surface area contributed by atoms with E-state index in [4.69, 9.17) is 5.73 Å². The van der Waals surface area contributed by atoms with Gasteiger partial charge in [0.1, 0.15) is 12.1 Å². The van der Waals surface area contributed by atoms with Crippen LogP contribution in [-0.4, -0.2) is 65.0 Å². The molecule has 1 saturated heterocycles. The van der Waals surface area contributed by atoms with Crippen LogP contribution in [0.25, 0.3) is 0 Å². The van der Waals surface area contributed by atoms with Crippen LogP contribution in [0.3, 0.4) is 0 Å². The molecule has 1 heterocycles. The number of unbranched alkanes of at least 4 members (excludes halogenated alkanes) is 1. The minimum absolute atomic E-state index is 0.270. The van der Waals surface area contributed by atoms with Gasteiger partial charge in [-0.3, -0.25) is 9.59 Å². The predicted molar refractivity (Wildman–Crippen MR) is 109 cm³/mol. The van der Waals surface area contributed by atoms with Gasteiger partial charge in [0.15, 0.2) is 0 Å². The summed E-state index contributed by atoms with van der Waals surface area (Å²) in [6.45, 7) is 9.36. The zero-order valence-corrected chi connectivity index (χ0v) is 17.7. The molecule has 5 N–H and O–H groups in total. The third kappa shape index (κ3) is 8.14. The molecule has 1 aliphatic rings. The first kappa shape index (κ1) is 24.4. The molecule has 0 aromatic carbocycles. The molecule has 28 heavy (non-hydrogen) atoms. The molecular formula is C20H38N4O4. The second-order valence-electron chi connectivity index (χ2n) is 8.43. The van der Waals surface area contributed by atoms with Crippen LogP contribution in [0.1, 0.15) is 66.2 Å². The van der Waals surface area contributed by atoms with Crippen LogP contribution >= 0.6 is 0 Å². The summed E-state index contributed by atoms with van der Waals surface area (Å²) < 4.78 is 0. The van der Waals surface area contributed by atoms with Crippen molar-refractivity contribution in [2.24, 2.45) is 11.7 Å². The summed E-state index contributed by atoms with van der Waals surface area (Å²) in [6.07, 6.45) is 3.75. The zero-order valence-electron chi connectivity index (χ0n) is 17.7. The minimum atomic E-state index is -0.992. The fraction of sp³-hybridized carbons (Fsp3) is 0.850. The van der Waals surface area contributed by atoms with Crippen molar-refractivity contribution < 1.29 is 19.5 Å². The monoisotopic (exact) mass is 398 g/mol. The molecule has 8 heteroatoms. The van der Waals surface area contributed by atoms with E-state index in [1.807, 2.05) is 13.8 Å². The topological polar surface area (TPSA) is 125 Å². The van der Waals surface area contributed by atoms with E-state index in [0.717, 1.165) is 19.4 Å². The summed E-state index contributed by atoms with van der Waals surface area (Å²) in [5, 5.41) is 15.5. The van der Waals surface area contributed by atoms with Crippen LogP contribution in [0.5, 0.6) is 0 Å². The number of carboxylic acid groups (broad SMARTS) is 1. The number of hydrogen-bond donors (Lipinski definition) is 4. The summed E-state index contributed by atoms with van der Waals surface area (Å²) in [7, 11) is 0. The van der Waals surface area contributed by atoms with E-state index in [0.29, 0.717) is 38.3 Å². The molecule has 0 spiro atoms. The molecule has 1 fully saturated rings. The number of likely N-dealkylation sites (tertiary alicyclic amines) is 1. The lowest BCUT2D eigenvalue weighted by Crippen LogP contribution is -2.54. The molecule has 0 aliphatic carbocycles. The molecule has 2 amide bonds. The average molecular weight is 399 g/mol. The third-order valence-electron chi connectivity index (χ3n) is 4.97. The Morgan fingerprint density at radius 2 is 1.86 bits per heavy atom. The number of carbonyl (C=O) groups is 3. The van der Waals surface area contributed by atoms with Gasteiger partial charge >= 0.3 is 5.97 Å². The van der Waals surface area contributed by atoms with Crippen LogP contribution in [0.15, 0.2) is 0 Å². The fourth-order valence-electron chi connectivity index (χ4n) is 3.50. The molecule has 0 aromatic rings. The fourth-order valence-corrected chi connectivity index (χ4v) is 3.50. The van der Waals surface area contributed by atoms with Crippen molar-refractivity contribution >= 4 is 17.8 Å². The summed E-state index contributed by atoms with van der Waals surface area (Å²) in [4.78, 5) is 38.3. The summed E-state index contributed by atoms with van der Waals surface area (Å²) in [5.41, 5.74) is 5.96. The Hall–Kier alpha value is -1.67. The van der Waals surface area contributed by atoms with Gasteiger partial charge in [-0.25, -0.2) is 4.79 Å². The number of aliphatic carboxylic acids is 1. The van der Waals surface area contributed by atoms with Crippen molar-refractivity contribution in [3.05, 3.63) is 0 Å². The second-order valence-corrected chi connectivity index (χ2v) is 8.43. The first-order chi connectivity index (χ1) is 13.1. The smallest absolute Gasteiger partial charge is 0.326 e. The van der Waals surface area contributed by atoms with Gasteiger partial charge in [-0.05, 0) is 51.0 Å². The number of amides is 2. The summed E-state index contributed by atoms with van der Waals surface area (Å²) >= 11 is 0.